The third kappa shape index (κ3) is 3.79. The fraction of sp³-hybridized carbons (Fsp3) is 0.385. The second-order valence-corrected chi connectivity index (χ2v) is 5.85. The van der Waals surface area contributed by atoms with Crippen molar-refractivity contribution in [1.82, 2.24) is 25.1 Å². The summed E-state index contributed by atoms with van der Waals surface area (Å²) in [5.74, 6) is 2.55. The lowest BCUT2D eigenvalue weighted by molar-refractivity contribution is -0.116. The van der Waals surface area contributed by atoms with Crippen molar-refractivity contribution in [2.75, 3.05) is 23.4 Å². The van der Waals surface area contributed by atoms with E-state index in [1.807, 2.05) is 11.8 Å². The summed E-state index contributed by atoms with van der Waals surface area (Å²) in [4.78, 5) is 20.2. The predicted molar refractivity (Wildman–Crippen MR) is 81.5 cm³/mol. The first-order chi connectivity index (χ1) is 10.3. The van der Waals surface area contributed by atoms with Crippen molar-refractivity contribution in [1.29, 1.82) is 0 Å². The Hall–Kier alpha value is -1.93. The lowest BCUT2D eigenvalue weighted by Crippen LogP contribution is -2.39. The molecule has 0 aromatic carbocycles. The van der Waals surface area contributed by atoms with Crippen molar-refractivity contribution in [2.45, 2.75) is 12.5 Å². The fourth-order valence-electron chi connectivity index (χ4n) is 2.09. The van der Waals surface area contributed by atoms with Gasteiger partial charge in [0, 0.05) is 42.9 Å². The second kappa shape index (κ2) is 6.68. The maximum Gasteiger partial charge on any atom is 0.250 e. The van der Waals surface area contributed by atoms with Crippen LogP contribution in [0.25, 0.3) is 5.95 Å². The van der Waals surface area contributed by atoms with Crippen LogP contribution in [0.1, 0.15) is 6.42 Å². The van der Waals surface area contributed by atoms with Crippen LogP contribution in [0.5, 0.6) is 0 Å². The molecule has 2 aromatic heterocycles. The van der Waals surface area contributed by atoms with Gasteiger partial charge in [-0.15, -0.1) is 0 Å². The maximum absolute atomic E-state index is 12.0. The van der Waals surface area contributed by atoms with Gasteiger partial charge < -0.3 is 10.6 Å². The van der Waals surface area contributed by atoms with Gasteiger partial charge in [-0.05, 0) is 6.07 Å². The van der Waals surface area contributed by atoms with Crippen molar-refractivity contribution >= 4 is 23.4 Å². The highest BCUT2D eigenvalue weighted by molar-refractivity contribution is 7.99. The Morgan fingerprint density at radius 1 is 1.48 bits per heavy atom. The Morgan fingerprint density at radius 3 is 3.10 bits per heavy atom. The molecule has 1 saturated heterocycles. The van der Waals surface area contributed by atoms with Gasteiger partial charge in [0.25, 0.3) is 0 Å². The SMILES string of the molecule is O=C(CC1CSCCN1)Nc1cnn(-c2ncccn2)c1. The highest BCUT2D eigenvalue weighted by Crippen LogP contribution is 2.12. The van der Waals surface area contributed by atoms with E-state index in [0.717, 1.165) is 18.1 Å². The molecule has 3 heterocycles. The second-order valence-electron chi connectivity index (χ2n) is 4.70. The Balaban J connectivity index is 1.58. The number of amides is 1. The van der Waals surface area contributed by atoms with Gasteiger partial charge in [0.15, 0.2) is 0 Å². The molecule has 7 nitrogen and oxygen atoms in total. The fourth-order valence-corrected chi connectivity index (χ4v) is 3.04. The number of nitrogens with zero attached hydrogens (tertiary/aromatic N) is 4. The van der Waals surface area contributed by atoms with E-state index in [-0.39, 0.29) is 11.9 Å². The number of anilines is 1. The van der Waals surface area contributed by atoms with Crippen LogP contribution in [-0.2, 0) is 4.79 Å². The molecule has 0 bridgehead atoms. The lowest BCUT2D eigenvalue weighted by atomic mass is 10.2. The zero-order valence-electron chi connectivity index (χ0n) is 11.4. The van der Waals surface area contributed by atoms with Crippen LogP contribution in [0.2, 0.25) is 0 Å². The summed E-state index contributed by atoms with van der Waals surface area (Å²) in [5.41, 5.74) is 0.649. The minimum Gasteiger partial charge on any atom is -0.323 e. The van der Waals surface area contributed by atoms with Crippen molar-refractivity contribution in [3.05, 3.63) is 30.9 Å². The van der Waals surface area contributed by atoms with Crippen LogP contribution in [-0.4, -0.2) is 49.7 Å². The van der Waals surface area contributed by atoms with E-state index in [4.69, 9.17) is 0 Å². The van der Waals surface area contributed by atoms with Crippen molar-refractivity contribution in [3.63, 3.8) is 0 Å². The van der Waals surface area contributed by atoms with Crippen LogP contribution < -0.4 is 10.6 Å². The van der Waals surface area contributed by atoms with E-state index in [1.165, 1.54) is 4.68 Å². The normalized spacial score (nSPS) is 18.4. The van der Waals surface area contributed by atoms with Gasteiger partial charge in [-0.1, -0.05) is 0 Å². The van der Waals surface area contributed by atoms with Crippen molar-refractivity contribution in [2.24, 2.45) is 0 Å². The first-order valence-electron chi connectivity index (χ1n) is 6.74. The smallest absolute Gasteiger partial charge is 0.250 e. The quantitative estimate of drug-likeness (QED) is 0.865. The van der Waals surface area contributed by atoms with Crippen molar-refractivity contribution in [3.8, 4) is 5.95 Å². The average molecular weight is 304 g/mol. The summed E-state index contributed by atoms with van der Waals surface area (Å²) in [6.07, 6.45) is 7.07. The van der Waals surface area contributed by atoms with E-state index in [2.05, 4.69) is 25.7 Å². The number of aromatic nitrogens is 4. The van der Waals surface area contributed by atoms with Gasteiger partial charge in [0.1, 0.15) is 0 Å². The third-order valence-corrected chi connectivity index (χ3v) is 4.18. The van der Waals surface area contributed by atoms with E-state index < -0.39 is 0 Å². The van der Waals surface area contributed by atoms with E-state index in [0.29, 0.717) is 18.1 Å². The Kier molecular flexibility index (Phi) is 4.46. The molecule has 8 heteroatoms. The molecule has 1 amide bonds. The Labute approximate surface area is 126 Å². The molecule has 1 unspecified atom stereocenters. The number of nitrogens with one attached hydrogen (secondary N) is 2. The summed E-state index contributed by atoms with van der Waals surface area (Å²) in [5, 5.41) is 10.3. The summed E-state index contributed by atoms with van der Waals surface area (Å²) in [6.45, 7) is 0.964. The Morgan fingerprint density at radius 2 is 2.33 bits per heavy atom. The highest BCUT2D eigenvalue weighted by atomic mass is 32.2. The average Bonchev–Trinajstić information content (AvgIpc) is 2.97. The molecule has 2 N–H and O–H groups in total. The third-order valence-electron chi connectivity index (χ3n) is 3.05. The topological polar surface area (TPSA) is 84.7 Å². The molecule has 1 atom stereocenters. The first kappa shape index (κ1) is 14.0. The number of carbonyl (C=O) groups excluding carboxylic acids is 1. The van der Waals surface area contributed by atoms with Crippen LogP contribution >= 0.6 is 11.8 Å². The molecule has 1 aliphatic heterocycles. The monoisotopic (exact) mass is 304 g/mol. The molecule has 110 valence electrons. The number of thioether (sulfide) groups is 1. The molecule has 1 fully saturated rings. The van der Waals surface area contributed by atoms with Crippen LogP contribution in [0.15, 0.2) is 30.9 Å². The van der Waals surface area contributed by atoms with Crippen LogP contribution in [0.3, 0.4) is 0 Å². The minimum atomic E-state index is -0.0106. The molecular formula is C13H16N6OS. The molecule has 3 rings (SSSR count). The van der Waals surface area contributed by atoms with Gasteiger partial charge in [-0.2, -0.15) is 16.9 Å². The van der Waals surface area contributed by atoms with Gasteiger partial charge in [-0.25, -0.2) is 14.6 Å². The number of hydrogen-bond donors (Lipinski definition) is 2. The van der Waals surface area contributed by atoms with Gasteiger partial charge in [-0.3, -0.25) is 4.79 Å². The highest BCUT2D eigenvalue weighted by Gasteiger charge is 2.17. The number of carbonyl (C=O) groups is 1. The lowest BCUT2D eigenvalue weighted by Gasteiger charge is -2.22. The molecule has 0 radical (unpaired) electrons. The molecule has 0 saturated carbocycles. The number of rotatable bonds is 4. The summed E-state index contributed by atoms with van der Waals surface area (Å²) in [7, 11) is 0. The predicted octanol–water partition coefficient (Wildman–Crippen LogP) is 0.696. The zero-order valence-corrected chi connectivity index (χ0v) is 12.2. The van der Waals surface area contributed by atoms with E-state index in [1.54, 1.807) is 30.9 Å². The molecule has 2 aromatic rings. The first-order valence-corrected chi connectivity index (χ1v) is 7.90. The largest absolute Gasteiger partial charge is 0.323 e. The van der Waals surface area contributed by atoms with Crippen LogP contribution in [0.4, 0.5) is 5.69 Å². The summed E-state index contributed by atoms with van der Waals surface area (Å²) >= 11 is 1.88. The molecule has 21 heavy (non-hydrogen) atoms. The van der Waals surface area contributed by atoms with Gasteiger partial charge in [0.05, 0.1) is 18.1 Å². The van der Waals surface area contributed by atoms with E-state index in [9.17, 15) is 4.79 Å². The molecule has 0 spiro atoms. The van der Waals surface area contributed by atoms with Crippen molar-refractivity contribution < 1.29 is 4.79 Å². The summed E-state index contributed by atoms with van der Waals surface area (Å²) < 4.78 is 1.53. The van der Waals surface area contributed by atoms with Gasteiger partial charge >= 0.3 is 0 Å². The minimum absolute atomic E-state index is 0.0106. The van der Waals surface area contributed by atoms with Crippen LogP contribution in [0, 0.1) is 0 Å². The summed E-state index contributed by atoms with van der Waals surface area (Å²) in [6, 6.07) is 1.99. The maximum atomic E-state index is 12.0. The van der Waals surface area contributed by atoms with Gasteiger partial charge in [0.2, 0.25) is 11.9 Å². The molecule has 1 aliphatic rings. The van der Waals surface area contributed by atoms with E-state index >= 15 is 0 Å². The number of hydrogen-bond acceptors (Lipinski definition) is 6. The Bertz CT molecular complexity index is 596. The molecule has 0 aliphatic carbocycles. The zero-order chi connectivity index (χ0) is 14.5. The standard InChI is InChI=1S/C13H16N6OS/c20-12(6-10-9-21-5-4-14-10)18-11-7-17-19(8-11)13-15-2-1-3-16-13/h1-3,7-8,10,14H,4-6,9H2,(H,18,20). The molecular weight excluding hydrogens is 288 g/mol.